The fourth-order valence-electron chi connectivity index (χ4n) is 1.66. The average Bonchev–Trinajstić information content (AvgIpc) is 2.37. The largest absolute Gasteiger partial charge is 0.573 e. The van der Waals surface area contributed by atoms with Crippen molar-refractivity contribution in [2.45, 2.75) is 6.36 Å². The highest BCUT2D eigenvalue weighted by atomic mass is 19.4. The van der Waals surface area contributed by atoms with Crippen LogP contribution in [0.4, 0.5) is 24.5 Å². The van der Waals surface area contributed by atoms with Gasteiger partial charge in [-0.05, 0) is 36.4 Å². The van der Waals surface area contributed by atoms with E-state index in [0.717, 1.165) is 0 Å². The van der Waals surface area contributed by atoms with Crippen molar-refractivity contribution in [1.29, 1.82) is 0 Å². The van der Waals surface area contributed by atoms with Crippen LogP contribution in [0.2, 0.25) is 0 Å². The van der Waals surface area contributed by atoms with Crippen LogP contribution in [-0.4, -0.2) is 12.3 Å². The van der Waals surface area contributed by atoms with Crippen LogP contribution in [0.1, 0.15) is 10.4 Å². The molecule has 0 aliphatic rings. The second kappa shape index (κ2) is 5.74. The van der Waals surface area contributed by atoms with Crippen molar-refractivity contribution in [2.75, 3.05) is 5.32 Å². The summed E-state index contributed by atoms with van der Waals surface area (Å²) >= 11 is 0. The number of hydrogen-bond acceptors (Lipinski definition) is 3. The molecule has 21 heavy (non-hydrogen) atoms. The van der Waals surface area contributed by atoms with E-state index in [1.807, 2.05) is 0 Å². The van der Waals surface area contributed by atoms with Crippen molar-refractivity contribution in [3.8, 4) is 5.75 Å². The maximum atomic E-state index is 12.1. The van der Waals surface area contributed by atoms with Gasteiger partial charge in [-0.25, -0.2) is 0 Å². The number of nitrogens with one attached hydrogen (secondary N) is 1. The zero-order chi connectivity index (χ0) is 15.5. The number of hydrogen-bond donors (Lipinski definition) is 2. The smallest absolute Gasteiger partial charge is 0.406 e. The Balaban J connectivity index is 2.12. The van der Waals surface area contributed by atoms with Gasteiger partial charge in [0, 0.05) is 23.0 Å². The van der Waals surface area contributed by atoms with Crippen molar-refractivity contribution in [2.24, 2.45) is 5.73 Å². The number of carbonyl (C=O) groups excluding carboxylic acids is 1. The first-order valence-corrected chi connectivity index (χ1v) is 5.86. The molecule has 1 amide bonds. The maximum Gasteiger partial charge on any atom is 0.573 e. The Kier molecular flexibility index (Phi) is 4.02. The topological polar surface area (TPSA) is 64.4 Å². The number of rotatable bonds is 4. The van der Waals surface area contributed by atoms with Gasteiger partial charge in [-0.3, -0.25) is 4.79 Å². The standard InChI is InChI=1S/C14H11F3N2O2/c15-14(16,17)21-12-3-1-2-11(8-12)19-10-6-4-9(5-7-10)13(18)20/h1-8,19H,(H2,18,20). The average molecular weight is 296 g/mol. The summed E-state index contributed by atoms with van der Waals surface area (Å²) < 4.78 is 40.2. The van der Waals surface area contributed by atoms with Gasteiger partial charge in [0.1, 0.15) is 5.75 Å². The number of halogens is 3. The number of alkyl halides is 3. The summed E-state index contributed by atoms with van der Waals surface area (Å²) in [6, 6.07) is 11.7. The first kappa shape index (κ1) is 14.7. The number of carbonyl (C=O) groups is 1. The molecule has 0 aliphatic carbocycles. The van der Waals surface area contributed by atoms with E-state index in [1.165, 1.54) is 30.3 Å². The van der Waals surface area contributed by atoms with Crippen LogP contribution in [0.15, 0.2) is 48.5 Å². The van der Waals surface area contributed by atoms with Gasteiger partial charge in [0.05, 0.1) is 0 Å². The van der Waals surface area contributed by atoms with Crippen molar-refractivity contribution >= 4 is 17.3 Å². The first-order valence-electron chi connectivity index (χ1n) is 5.86. The van der Waals surface area contributed by atoms with E-state index in [2.05, 4.69) is 10.1 Å². The van der Waals surface area contributed by atoms with E-state index >= 15 is 0 Å². The number of nitrogens with two attached hydrogens (primary N) is 1. The molecule has 0 saturated carbocycles. The predicted octanol–water partition coefficient (Wildman–Crippen LogP) is 3.43. The van der Waals surface area contributed by atoms with Crippen LogP contribution in [0.25, 0.3) is 0 Å². The van der Waals surface area contributed by atoms with E-state index in [-0.39, 0.29) is 5.75 Å². The molecule has 2 aromatic rings. The molecule has 2 aromatic carbocycles. The molecule has 0 atom stereocenters. The van der Waals surface area contributed by atoms with Gasteiger partial charge in [0.25, 0.3) is 0 Å². The van der Waals surface area contributed by atoms with Gasteiger partial charge in [-0.1, -0.05) is 6.07 Å². The minimum Gasteiger partial charge on any atom is -0.406 e. The van der Waals surface area contributed by atoms with Crippen LogP contribution in [0.3, 0.4) is 0 Å². The number of amides is 1. The molecule has 2 rings (SSSR count). The lowest BCUT2D eigenvalue weighted by molar-refractivity contribution is -0.274. The Bertz CT molecular complexity index is 639. The Labute approximate surface area is 118 Å². The van der Waals surface area contributed by atoms with E-state index < -0.39 is 12.3 Å². The molecular weight excluding hydrogens is 285 g/mol. The molecule has 0 aromatic heterocycles. The fraction of sp³-hybridized carbons (Fsp3) is 0.0714. The van der Waals surface area contributed by atoms with E-state index in [4.69, 9.17) is 5.73 Å². The highest BCUT2D eigenvalue weighted by Crippen LogP contribution is 2.26. The Morgan fingerprint density at radius 1 is 1.05 bits per heavy atom. The lowest BCUT2D eigenvalue weighted by Crippen LogP contribution is -2.17. The van der Waals surface area contributed by atoms with E-state index in [9.17, 15) is 18.0 Å². The molecule has 4 nitrogen and oxygen atoms in total. The van der Waals surface area contributed by atoms with Crippen LogP contribution in [0, 0.1) is 0 Å². The maximum absolute atomic E-state index is 12.1. The Morgan fingerprint density at radius 3 is 2.29 bits per heavy atom. The van der Waals surface area contributed by atoms with E-state index in [0.29, 0.717) is 16.9 Å². The van der Waals surface area contributed by atoms with Gasteiger partial charge in [0.2, 0.25) is 5.91 Å². The normalized spacial score (nSPS) is 11.0. The molecule has 0 aliphatic heterocycles. The third-order valence-corrected chi connectivity index (χ3v) is 2.53. The summed E-state index contributed by atoms with van der Waals surface area (Å²) in [5.74, 6) is -0.872. The quantitative estimate of drug-likeness (QED) is 0.908. The summed E-state index contributed by atoms with van der Waals surface area (Å²) in [6.07, 6.45) is -4.73. The number of benzene rings is 2. The third-order valence-electron chi connectivity index (χ3n) is 2.53. The summed E-state index contributed by atoms with van der Waals surface area (Å²) in [5, 5.41) is 2.90. The molecule has 0 heterocycles. The zero-order valence-electron chi connectivity index (χ0n) is 10.6. The third kappa shape index (κ3) is 4.41. The van der Waals surface area contributed by atoms with Crippen molar-refractivity contribution in [3.05, 3.63) is 54.1 Å². The van der Waals surface area contributed by atoms with Crippen LogP contribution >= 0.6 is 0 Å². The number of ether oxygens (including phenoxy) is 1. The minimum absolute atomic E-state index is 0.318. The monoisotopic (exact) mass is 296 g/mol. The first-order chi connectivity index (χ1) is 9.83. The molecule has 7 heteroatoms. The van der Waals surface area contributed by atoms with E-state index in [1.54, 1.807) is 18.2 Å². The van der Waals surface area contributed by atoms with Gasteiger partial charge in [-0.2, -0.15) is 0 Å². The summed E-state index contributed by atoms with van der Waals surface area (Å²) in [5.41, 5.74) is 6.48. The van der Waals surface area contributed by atoms with Gasteiger partial charge >= 0.3 is 6.36 Å². The van der Waals surface area contributed by atoms with Gasteiger partial charge in [0.15, 0.2) is 0 Å². The Hall–Kier alpha value is -2.70. The second-order valence-corrected chi connectivity index (χ2v) is 4.14. The highest BCUT2D eigenvalue weighted by molar-refractivity contribution is 5.93. The van der Waals surface area contributed by atoms with Crippen LogP contribution < -0.4 is 15.8 Å². The van der Waals surface area contributed by atoms with Gasteiger partial charge < -0.3 is 15.8 Å². The number of anilines is 2. The summed E-state index contributed by atoms with van der Waals surface area (Å²) in [4.78, 5) is 10.9. The second-order valence-electron chi connectivity index (χ2n) is 4.14. The molecule has 0 bridgehead atoms. The van der Waals surface area contributed by atoms with Crippen molar-refractivity contribution in [1.82, 2.24) is 0 Å². The molecule has 110 valence electrons. The molecule has 3 N–H and O–H groups in total. The summed E-state index contributed by atoms with van der Waals surface area (Å²) in [7, 11) is 0. The lowest BCUT2D eigenvalue weighted by Gasteiger charge is -2.11. The zero-order valence-corrected chi connectivity index (χ0v) is 10.6. The number of primary amides is 1. The Morgan fingerprint density at radius 2 is 1.71 bits per heavy atom. The summed E-state index contributed by atoms with van der Waals surface area (Å²) in [6.45, 7) is 0. The van der Waals surface area contributed by atoms with Crippen LogP contribution in [0.5, 0.6) is 5.75 Å². The fourth-order valence-corrected chi connectivity index (χ4v) is 1.66. The molecule has 0 unspecified atom stereocenters. The minimum atomic E-state index is -4.73. The lowest BCUT2D eigenvalue weighted by atomic mass is 10.2. The molecule has 0 saturated heterocycles. The SMILES string of the molecule is NC(=O)c1ccc(Nc2cccc(OC(F)(F)F)c2)cc1. The van der Waals surface area contributed by atoms with Crippen molar-refractivity contribution in [3.63, 3.8) is 0 Å². The van der Waals surface area contributed by atoms with Crippen molar-refractivity contribution < 1.29 is 22.7 Å². The van der Waals surface area contributed by atoms with Gasteiger partial charge in [-0.15, -0.1) is 13.2 Å². The molecule has 0 fully saturated rings. The highest BCUT2D eigenvalue weighted by Gasteiger charge is 2.31. The van der Waals surface area contributed by atoms with Crippen LogP contribution in [-0.2, 0) is 0 Å². The molecule has 0 radical (unpaired) electrons. The molecular formula is C14H11F3N2O2. The molecule has 0 spiro atoms. The predicted molar refractivity (Wildman–Crippen MR) is 71.4 cm³/mol.